The lowest BCUT2D eigenvalue weighted by Gasteiger charge is -2.26. The number of amides is 1. The minimum absolute atomic E-state index is 0.0334. The van der Waals surface area contributed by atoms with Crippen LogP contribution in [0.15, 0.2) is 54.6 Å². The quantitative estimate of drug-likeness (QED) is 0.346. The number of nitrogens with one attached hydrogen (secondary N) is 2. The summed E-state index contributed by atoms with van der Waals surface area (Å²) < 4.78 is 6.03. The molecule has 1 unspecified atom stereocenters. The largest absolute Gasteiger partial charge is 0.476 e. The average Bonchev–Trinajstić information content (AvgIpc) is 2.76. The van der Waals surface area contributed by atoms with Crippen LogP contribution in [0.4, 0.5) is 0 Å². The lowest BCUT2D eigenvalue weighted by atomic mass is 10.1. The van der Waals surface area contributed by atoms with Gasteiger partial charge in [0.25, 0.3) is 5.91 Å². The summed E-state index contributed by atoms with van der Waals surface area (Å²) in [6, 6.07) is 16.4. The van der Waals surface area contributed by atoms with Crippen LogP contribution in [0.25, 0.3) is 0 Å². The third kappa shape index (κ3) is 6.32. The Bertz CT molecular complexity index is 804. The summed E-state index contributed by atoms with van der Waals surface area (Å²) in [5, 5.41) is 10.6. The maximum Gasteiger partial charge on any atom is 0.265 e. The van der Waals surface area contributed by atoms with Crippen molar-refractivity contribution in [1.29, 1.82) is 5.41 Å². The molecule has 1 heterocycles. The molecule has 4 N–H and O–H groups in total. The number of carbonyl (C=O) groups is 1. The van der Waals surface area contributed by atoms with E-state index in [0.717, 1.165) is 31.6 Å². The van der Waals surface area contributed by atoms with Gasteiger partial charge in [-0.1, -0.05) is 48.9 Å². The predicted octanol–water partition coefficient (Wildman–Crippen LogP) is 3.08. The van der Waals surface area contributed by atoms with Crippen LogP contribution in [0.2, 0.25) is 0 Å². The molecular formula is C23H30N4O2. The Morgan fingerprint density at radius 2 is 1.86 bits per heavy atom. The molecule has 2 aromatic rings. The van der Waals surface area contributed by atoms with Crippen molar-refractivity contribution in [2.45, 2.75) is 31.8 Å². The van der Waals surface area contributed by atoms with Crippen LogP contribution in [0.5, 0.6) is 5.75 Å². The molecule has 0 radical (unpaired) electrons. The molecule has 3 rings (SSSR count). The second kappa shape index (κ2) is 10.6. The molecule has 1 aliphatic rings. The Morgan fingerprint density at radius 1 is 1.10 bits per heavy atom. The standard InChI is InChI=1S/C23H30N4O2/c24-22(25)19-11-7-12-20(17-19)29-21(18-9-3-1-4-10-18)23(28)26-13-8-16-27-14-5-2-6-15-27/h1,3-4,7,9-12,17,21H,2,5-6,8,13-16H2,(H3,24,25)(H,26,28). The molecule has 1 aliphatic heterocycles. The van der Waals surface area contributed by atoms with E-state index in [9.17, 15) is 4.79 Å². The Hall–Kier alpha value is -2.86. The smallest absolute Gasteiger partial charge is 0.265 e. The lowest BCUT2D eigenvalue weighted by Crippen LogP contribution is -2.36. The van der Waals surface area contributed by atoms with E-state index < -0.39 is 6.10 Å². The van der Waals surface area contributed by atoms with Crippen molar-refractivity contribution in [3.63, 3.8) is 0 Å². The Kier molecular flexibility index (Phi) is 7.64. The number of carbonyl (C=O) groups excluding carboxylic acids is 1. The van der Waals surface area contributed by atoms with E-state index >= 15 is 0 Å². The molecule has 0 saturated carbocycles. The zero-order valence-corrected chi connectivity index (χ0v) is 16.8. The molecule has 0 aliphatic carbocycles. The van der Waals surface area contributed by atoms with E-state index in [1.165, 1.54) is 19.3 Å². The minimum atomic E-state index is -0.756. The van der Waals surface area contributed by atoms with Gasteiger partial charge in [-0.05, 0) is 51.0 Å². The fraction of sp³-hybridized carbons (Fsp3) is 0.391. The highest BCUT2D eigenvalue weighted by Crippen LogP contribution is 2.23. The highest BCUT2D eigenvalue weighted by Gasteiger charge is 2.22. The number of hydrogen-bond donors (Lipinski definition) is 3. The number of nitrogen functional groups attached to an aromatic ring is 1. The van der Waals surface area contributed by atoms with E-state index in [-0.39, 0.29) is 11.7 Å². The average molecular weight is 395 g/mol. The summed E-state index contributed by atoms with van der Waals surface area (Å²) in [5.74, 6) is 0.312. The second-order valence-corrected chi connectivity index (χ2v) is 7.40. The monoisotopic (exact) mass is 394 g/mol. The van der Waals surface area contributed by atoms with Gasteiger partial charge in [0, 0.05) is 17.7 Å². The summed E-state index contributed by atoms with van der Waals surface area (Å²) in [4.78, 5) is 15.4. The molecule has 0 bridgehead atoms. The summed E-state index contributed by atoms with van der Waals surface area (Å²) in [7, 11) is 0. The van der Waals surface area contributed by atoms with Crippen LogP contribution in [-0.2, 0) is 4.79 Å². The molecule has 1 fully saturated rings. The first kappa shape index (κ1) is 20.9. The van der Waals surface area contributed by atoms with Crippen LogP contribution in [0.1, 0.15) is 42.9 Å². The maximum absolute atomic E-state index is 12.9. The van der Waals surface area contributed by atoms with Crippen LogP contribution in [0.3, 0.4) is 0 Å². The molecule has 1 atom stereocenters. The summed E-state index contributed by atoms with van der Waals surface area (Å²) in [6.07, 6.45) is 4.04. The van der Waals surface area contributed by atoms with E-state index in [0.29, 0.717) is 17.9 Å². The van der Waals surface area contributed by atoms with Gasteiger partial charge in [0.1, 0.15) is 11.6 Å². The van der Waals surface area contributed by atoms with Gasteiger partial charge in [-0.25, -0.2) is 0 Å². The molecule has 0 aromatic heterocycles. The third-order valence-electron chi connectivity index (χ3n) is 5.14. The molecule has 154 valence electrons. The number of hydrogen-bond acceptors (Lipinski definition) is 4. The number of piperidine rings is 1. The van der Waals surface area contributed by atoms with Crippen molar-refractivity contribution in [3.8, 4) is 5.75 Å². The summed E-state index contributed by atoms with van der Waals surface area (Å²) >= 11 is 0. The fourth-order valence-electron chi connectivity index (χ4n) is 3.56. The van der Waals surface area contributed by atoms with Crippen molar-refractivity contribution in [2.75, 3.05) is 26.2 Å². The number of nitrogens with two attached hydrogens (primary N) is 1. The minimum Gasteiger partial charge on any atom is -0.476 e. The van der Waals surface area contributed by atoms with E-state index in [1.807, 2.05) is 30.3 Å². The Labute approximate surface area is 172 Å². The van der Waals surface area contributed by atoms with Crippen LogP contribution >= 0.6 is 0 Å². The van der Waals surface area contributed by atoms with Crippen molar-refractivity contribution in [2.24, 2.45) is 5.73 Å². The second-order valence-electron chi connectivity index (χ2n) is 7.40. The van der Waals surface area contributed by atoms with E-state index in [4.69, 9.17) is 15.9 Å². The molecule has 29 heavy (non-hydrogen) atoms. The third-order valence-corrected chi connectivity index (χ3v) is 5.14. The van der Waals surface area contributed by atoms with Crippen molar-refractivity contribution in [3.05, 3.63) is 65.7 Å². The molecular weight excluding hydrogens is 364 g/mol. The highest BCUT2D eigenvalue weighted by molar-refractivity contribution is 5.95. The highest BCUT2D eigenvalue weighted by atomic mass is 16.5. The van der Waals surface area contributed by atoms with Gasteiger partial charge >= 0.3 is 0 Å². The van der Waals surface area contributed by atoms with Crippen LogP contribution < -0.4 is 15.8 Å². The van der Waals surface area contributed by atoms with Crippen molar-refractivity contribution in [1.82, 2.24) is 10.2 Å². The van der Waals surface area contributed by atoms with Gasteiger partial charge in [-0.3, -0.25) is 10.2 Å². The first-order valence-electron chi connectivity index (χ1n) is 10.3. The van der Waals surface area contributed by atoms with Crippen LogP contribution in [0, 0.1) is 5.41 Å². The number of amidine groups is 1. The van der Waals surface area contributed by atoms with Gasteiger partial charge in [0.15, 0.2) is 0 Å². The predicted molar refractivity (Wildman–Crippen MR) is 115 cm³/mol. The van der Waals surface area contributed by atoms with E-state index in [2.05, 4.69) is 10.2 Å². The maximum atomic E-state index is 12.9. The van der Waals surface area contributed by atoms with Gasteiger partial charge in [-0.2, -0.15) is 0 Å². The lowest BCUT2D eigenvalue weighted by molar-refractivity contribution is -0.128. The van der Waals surface area contributed by atoms with Gasteiger partial charge in [0.05, 0.1) is 0 Å². The number of rotatable bonds is 9. The summed E-state index contributed by atoms with van der Waals surface area (Å²) in [6.45, 7) is 3.96. The van der Waals surface area contributed by atoms with Gasteiger partial charge < -0.3 is 20.7 Å². The first-order valence-corrected chi connectivity index (χ1v) is 10.3. The van der Waals surface area contributed by atoms with E-state index in [1.54, 1.807) is 24.3 Å². The molecule has 6 heteroatoms. The number of nitrogens with zero attached hydrogens (tertiary/aromatic N) is 1. The zero-order chi connectivity index (χ0) is 20.5. The number of likely N-dealkylation sites (tertiary alicyclic amines) is 1. The van der Waals surface area contributed by atoms with Gasteiger partial charge in [-0.15, -0.1) is 0 Å². The molecule has 2 aromatic carbocycles. The topological polar surface area (TPSA) is 91.4 Å². The summed E-state index contributed by atoms with van der Waals surface area (Å²) in [5.41, 5.74) is 6.92. The molecule has 6 nitrogen and oxygen atoms in total. The Balaban J connectivity index is 1.61. The molecule has 1 amide bonds. The SMILES string of the molecule is N=C(N)c1cccc(OC(C(=O)NCCCN2CCCCC2)c2ccccc2)c1. The van der Waals surface area contributed by atoms with Crippen molar-refractivity contribution >= 4 is 11.7 Å². The Morgan fingerprint density at radius 3 is 2.59 bits per heavy atom. The van der Waals surface area contributed by atoms with Gasteiger partial charge in [0.2, 0.25) is 6.10 Å². The molecule has 0 spiro atoms. The fourth-order valence-corrected chi connectivity index (χ4v) is 3.56. The normalized spacial score (nSPS) is 15.4. The number of ether oxygens (including phenoxy) is 1. The van der Waals surface area contributed by atoms with Crippen LogP contribution in [-0.4, -0.2) is 42.8 Å². The molecule has 1 saturated heterocycles. The number of benzene rings is 2. The van der Waals surface area contributed by atoms with Crippen molar-refractivity contribution < 1.29 is 9.53 Å². The first-order chi connectivity index (χ1) is 14.1. The zero-order valence-electron chi connectivity index (χ0n) is 16.8.